The molecule has 1 aliphatic heterocycles. The summed E-state index contributed by atoms with van der Waals surface area (Å²) in [6.45, 7) is 2.49. The number of hydrogen-bond donors (Lipinski definition) is 1. The number of piperidine rings is 1. The van der Waals surface area contributed by atoms with Gasteiger partial charge in [0.2, 0.25) is 10.0 Å². The molecule has 1 fully saturated rings. The van der Waals surface area contributed by atoms with Crippen molar-refractivity contribution in [2.45, 2.75) is 26.2 Å². The summed E-state index contributed by atoms with van der Waals surface area (Å²) in [6, 6.07) is 0. The van der Waals surface area contributed by atoms with Crippen molar-refractivity contribution in [1.29, 1.82) is 0 Å². The van der Waals surface area contributed by atoms with E-state index in [0.29, 0.717) is 13.1 Å². The highest BCUT2D eigenvalue weighted by Crippen LogP contribution is 2.15. The fraction of sp³-hybridized carbons (Fsp3) is 0.889. The number of carboxylic acids is 1. The van der Waals surface area contributed by atoms with E-state index < -0.39 is 21.9 Å². The SMILES string of the molecule is CC(CS(=O)(=O)N1CCCCC1)C(=O)O. The molecular weight excluding hydrogens is 218 g/mol. The van der Waals surface area contributed by atoms with Crippen molar-refractivity contribution in [1.82, 2.24) is 4.31 Å². The van der Waals surface area contributed by atoms with Crippen molar-refractivity contribution in [3.8, 4) is 0 Å². The zero-order valence-corrected chi connectivity index (χ0v) is 9.66. The molecule has 0 aromatic carbocycles. The zero-order valence-electron chi connectivity index (χ0n) is 8.85. The van der Waals surface area contributed by atoms with Crippen LogP contribution < -0.4 is 0 Å². The highest BCUT2D eigenvalue weighted by Gasteiger charge is 2.28. The Balaban J connectivity index is 2.61. The number of rotatable bonds is 4. The first kappa shape index (κ1) is 12.4. The van der Waals surface area contributed by atoms with E-state index in [2.05, 4.69) is 0 Å². The Labute approximate surface area is 90.1 Å². The van der Waals surface area contributed by atoms with Gasteiger partial charge in [-0.05, 0) is 12.8 Å². The normalized spacial score (nSPS) is 21.1. The van der Waals surface area contributed by atoms with E-state index in [-0.39, 0.29) is 5.75 Å². The molecule has 1 heterocycles. The molecule has 0 radical (unpaired) electrons. The minimum atomic E-state index is -3.38. The highest BCUT2D eigenvalue weighted by atomic mass is 32.2. The van der Waals surface area contributed by atoms with Crippen LogP contribution in [0, 0.1) is 5.92 Å². The predicted molar refractivity (Wildman–Crippen MR) is 56.0 cm³/mol. The summed E-state index contributed by atoms with van der Waals surface area (Å²) in [6.07, 6.45) is 2.81. The molecule has 0 bridgehead atoms. The van der Waals surface area contributed by atoms with Gasteiger partial charge in [0, 0.05) is 13.1 Å². The van der Waals surface area contributed by atoms with Crippen LogP contribution in [0.3, 0.4) is 0 Å². The van der Waals surface area contributed by atoms with Crippen molar-refractivity contribution >= 4 is 16.0 Å². The zero-order chi connectivity index (χ0) is 11.5. The smallest absolute Gasteiger partial charge is 0.307 e. The lowest BCUT2D eigenvalue weighted by molar-refractivity contribution is -0.140. The van der Waals surface area contributed by atoms with Gasteiger partial charge in [0.05, 0.1) is 11.7 Å². The second-order valence-electron chi connectivity index (χ2n) is 3.98. The Morgan fingerprint density at radius 3 is 2.33 bits per heavy atom. The number of carbonyl (C=O) groups is 1. The van der Waals surface area contributed by atoms with Gasteiger partial charge >= 0.3 is 5.97 Å². The summed E-state index contributed by atoms with van der Waals surface area (Å²) in [4.78, 5) is 10.6. The highest BCUT2D eigenvalue weighted by molar-refractivity contribution is 7.89. The number of nitrogens with zero attached hydrogens (tertiary/aromatic N) is 1. The van der Waals surface area contributed by atoms with Gasteiger partial charge in [-0.1, -0.05) is 13.3 Å². The van der Waals surface area contributed by atoms with Crippen molar-refractivity contribution in [3.05, 3.63) is 0 Å². The van der Waals surface area contributed by atoms with E-state index in [1.54, 1.807) is 0 Å². The van der Waals surface area contributed by atoms with E-state index in [4.69, 9.17) is 5.11 Å². The lowest BCUT2D eigenvalue weighted by Gasteiger charge is -2.26. The Hall–Kier alpha value is -0.620. The number of aliphatic carboxylic acids is 1. The van der Waals surface area contributed by atoms with Gasteiger partial charge in [-0.25, -0.2) is 12.7 Å². The summed E-state index contributed by atoms with van der Waals surface area (Å²) in [5.74, 6) is -2.19. The molecule has 1 N–H and O–H groups in total. The molecule has 0 spiro atoms. The van der Waals surface area contributed by atoms with E-state index >= 15 is 0 Å². The number of carboxylic acid groups (broad SMARTS) is 1. The van der Waals surface area contributed by atoms with Gasteiger partial charge in [0.15, 0.2) is 0 Å². The molecule has 0 aromatic heterocycles. The summed E-state index contributed by atoms with van der Waals surface area (Å²) in [5.41, 5.74) is 0. The molecule has 0 saturated carbocycles. The van der Waals surface area contributed by atoms with E-state index in [1.165, 1.54) is 11.2 Å². The average molecular weight is 235 g/mol. The Morgan fingerprint density at radius 1 is 1.33 bits per heavy atom. The second kappa shape index (κ2) is 4.94. The van der Waals surface area contributed by atoms with Gasteiger partial charge in [-0.2, -0.15) is 0 Å². The van der Waals surface area contributed by atoms with Crippen molar-refractivity contribution in [3.63, 3.8) is 0 Å². The van der Waals surface area contributed by atoms with Gasteiger partial charge in [-0.15, -0.1) is 0 Å². The molecule has 0 amide bonds. The Kier molecular flexibility index (Phi) is 4.10. The lowest BCUT2D eigenvalue weighted by Crippen LogP contribution is -2.39. The Bertz CT molecular complexity index is 319. The average Bonchev–Trinajstić information content (AvgIpc) is 2.18. The van der Waals surface area contributed by atoms with Crippen LogP contribution in [0.15, 0.2) is 0 Å². The molecule has 1 atom stereocenters. The number of hydrogen-bond acceptors (Lipinski definition) is 3. The Morgan fingerprint density at radius 2 is 1.87 bits per heavy atom. The standard InChI is InChI=1S/C9H17NO4S/c1-8(9(11)12)7-15(13,14)10-5-3-2-4-6-10/h8H,2-7H2,1H3,(H,11,12). The maximum absolute atomic E-state index is 11.8. The molecule has 1 unspecified atom stereocenters. The molecule has 0 aromatic rings. The molecule has 5 nitrogen and oxygen atoms in total. The maximum Gasteiger partial charge on any atom is 0.307 e. The molecule has 6 heteroatoms. The third-order valence-electron chi connectivity index (χ3n) is 2.59. The molecule has 0 aliphatic carbocycles. The number of sulfonamides is 1. The van der Waals surface area contributed by atoms with Crippen molar-refractivity contribution in [2.75, 3.05) is 18.8 Å². The third kappa shape index (κ3) is 3.46. The molecule has 1 aliphatic rings. The largest absolute Gasteiger partial charge is 0.481 e. The fourth-order valence-electron chi connectivity index (χ4n) is 1.64. The van der Waals surface area contributed by atoms with E-state index in [0.717, 1.165) is 19.3 Å². The van der Waals surface area contributed by atoms with Gasteiger partial charge in [0.25, 0.3) is 0 Å². The van der Waals surface area contributed by atoms with Crippen molar-refractivity contribution < 1.29 is 18.3 Å². The summed E-state index contributed by atoms with van der Waals surface area (Å²) in [5, 5.41) is 8.66. The quantitative estimate of drug-likeness (QED) is 0.771. The minimum Gasteiger partial charge on any atom is -0.481 e. The van der Waals surface area contributed by atoms with Crippen LogP contribution in [0.1, 0.15) is 26.2 Å². The molecular formula is C9H17NO4S. The van der Waals surface area contributed by atoms with Crippen LogP contribution in [0.4, 0.5) is 0 Å². The van der Waals surface area contributed by atoms with Crippen LogP contribution in [-0.2, 0) is 14.8 Å². The monoisotopic (exact) mass is 235 g/mol. The first-order chi connectivity index (χ1) is 6.93. The molecule has 15 heavy (non-hydrogen) atoms. The molecule has 88 valence electrons. The predicted octanol–water partition coefficient (Wildman–Crippen LogP) is 0.523. The lowest BCUT2D eigenvalue weighted by atomic mass is 10.2. The van der Waals surface area contributed by atoms with Crippen LogP contribution in [0.25, 0.3) is 0 Å². The van der Waals surface area contributed by atoms with Gasteiger partial charge in [-0.3, -0.25) is 4.79 Å². The van der Waals surface area contributed by atoms with Crippen LogP contribution in [-0.4, -0.2) is 42.6 Å². The van der Waals surface area contributed by atoms with E-state index in [1.807, 2.05) is 0 Å². The topological polar surface area (TPSA) is 74.7 Å². The van der Waals surface area contributed by atoms with Gasteiger partial charge in [0.1, 0.15) is 0 Å². The summed E-state index contributed by atoms with van der Waals surface area (Å²) >= 11 is 0. The third-order valence-corrected chi connectivity index (χ3v) is 4.66. The van der Waals surface area contributed by atoms with Crippen LogP contribution in [0.2, 0.25) is 0 Å². The van der Waals surface area contributed by atoms with Crippen LogP contribution >= 0.6 is 0 Å². The van der Waals surface area contributed by atoms with Crippen molar-refractivity contribution in [2.24, 2.45) is 5.92 Å². The van der Waals surface area contributed by atoms with E-state index in [9.17, 15) is 13.2 Å². The fourth-order valence-corrected chi connectivity index (χ4v) is 3.44. The first-order valence-corrected chi connectivity index (χ1v) is 6.75. The maximum atomic E-state index is 11.8. The first-order valence-electron chi connectivity index (χ1n) is 5.14. The second-order valence-corrected chi connectivity index (χ2v) is 5.99. The molecule has 1 rings (SSSR count). The van der Waals surface area contributed by atoms with Gasteiger partial charge < -0.3 is 5.11 Å². The minimum absolute atomic E-state index is 0.289. The summed E-state index contributed by atoms with van der Waals surface area (Å²) in [7, 11) is -3.38. The van der Waals surface area contributed by atoms with Crippen LogP contribution in [0.5, 0.6) is 0 Å². The summed E-state index contributed by atoms with van der Waals surface area (Å²) < 4.78 is 24.9. The molecule has 1 saturated heterocycles.